The van der Waals surface area contributed by atoms with Gasteiger partial charge < -0.3 is 5.32 Å². The number of likely N-dealkylation sites (tertiary alicyclic amines) is 1. The first kappa shape index (κ1) is 18.8. The molecule has 2 rings (SSSR count). The minimum atomic E-state index is -4.59. The van der Waals surface area contributed by atoms with Crippen molar-refractivity contribution in [1.29, 1.82) is 0 Å². The fourth-order valence-electron chi connectivity index (χ4n) is 2.88. The molecule has 0 spiro atoms. The predicted molar refractivity (Wildman–Crippen MR) is 79.1 cm³/mol. The molecule has 1 aliphatic rings. The summed E-state index contributed by atoms with van der Waals surface area (Å²) in [7, 11) is 1.50. The summed E-state index contributed by atoms with van der Waals surface area (Å²) in [6.45, 7) is 0.255. The highest BCUT2D eigenvalue weighted by Gasteiger charge is 2.36. The van der Waals surface area contributed by atoms with Crippen molar-refractivity contribution in [1.82, 2.24) is 10.2 Å². The molecule has 0 amide bonds. The van der Waals surface area contributed by atoms with Crippen molar-refractivity contribution in [2.45, 2.75) is 38.0 Å². The number of hydrogen-bond donors (Lipinski definition) is 1. The van der Waals surface area contributed by atoms with Crippen molar-refractivity contribution in [3.63, 3.8) is 0 Å². The van der Waals surface area contributed by atoms with E-state index in [-0.39, 0.29) is 50.1 Å². The van der Waals surface area contributed by atoms with Gasteiger partial charge in [0.05, 0.1) is 5.56 Å². The van der Waals surface area contributed by atoms with Crippen LogP contribution in [0.5, 0.6) is 0 Å². The summed E-state index contributed by atoms with van der Waals surface area (Å²) >= 11 is 0. The number of aldehydes is 1. The molecule has 1 N–H and O–H groups in total. The van der Waals surface area contributed by atoms with Crippen LogP contribution in [0.4, 0.5) is 22.0 Å². The van der Waals surface area contributed by atoms with Crippen LogP contribution in [0.15, 0.2) is 12.1 Å². The number of benzene rings is 1. The van der Waals surface area contributed by atoms with Gasteiger partial charge in [-0.1, -0.05) is 0 Å². The number of piperidine rings is 1. The van der Waals surface area contributed by atoms with Crippen LogP contribution in [0.3, 0.4) is 0 Å². The van der Waals surface area contributed by atoms with Crippen molar-refractivity contribution in [2.24, 2.45) is 0 Å². The lowest BCUT2D eigenvalue weighted by atomic mass is 9.96. The van der Waals surface area contributed by atoms with E-state index in [1.54, 1.807) is 4.90 Å². The van der Waals surface area contributed by atoms with Gasteiger partial charge in [-0.3, -0.25) is 9.69 Å². The van der Waals surface area contributed by atoms with Crippen LogP contribution < -0.4 is 5.32 Å². The average molecular weight is 350 g/mol. The largest absolute Gasteiger partial charge is 0.416 e. The lowest BCUT2D eigenvalue weighted by Gasteiger charge is -2.32. The Labute approximate surface area is 136 Å². The molecule has 0 aromatic heterocycles. The zero-order valence-electron chi connectivity index (χ0n) is 13.2. The van der Waals surface area contributed by atoms with E-state index >= 15 is 0 Å². The highest BCUT2D eigenvalue weighted by atomic mass is 19.4. The van der Waals surface area contributed by atoms with Gasteiger partial charge in [0.2, 0.25) is 0 Å². The number of hydrogen-bond acceptors (Lipinski definition) is 3. The quantitative estimate of drug-likeness (QED) is 0.652. The number of nitrogens with one attached hydrogen (secondary N) is 1. The van der Waals surface area contributed by atoms with Crippen LogP contribution in [-0.2, 0) is 19.3 Å². The molecule has 134 valence electrons. The topological polar surface area (TPSA) is 32.3 Å². The first-order chi connectivity index (χ1) is 11.2. The first-order valence-electron chi connectivity index (χ1n) is 7.59. The molecular weight excluding hydrogens is 331 g/mol. The van der Waals surface area contributed by atoms with Gasteiger partial charge >= 0.3 is 6.18 Å². The van der Waals surface area contributed by atoms with Crippen molar-refractivity contribution in [3.05, 3.63) is 34.4 Å². The Hall–Kier alpha value is -1.54. The minimum Gasteiger partial charge on any atom is -0.316 e. The van der Waals surface area contributed by atoms with Gasteiger partial charge in [-0.2, -0.15) is 13.2 Å². The number of rotatable bonds is 5. The first-order valence-corrected chi connectivity index (χ1v) is 7.59. The van der Waals surface area contributed by atoms with Crippen molar-refractivity contribution < 1.29 is 26.7 Å². The second-order valence-corrected chi connectivity index (χ2v) is 5.99. The van der Waals surface area contributed by atoms with Crippen LogP contribution in [0, 0.1) is 0 Å². The number of carbonyl (C=O) groups is 1. The van der Waals surface area contributed by atoms with E-state index in [9.17, 15) is 26.7 Å². The summed E-state index contributed by atoms with van der Waals surface area (Å²) in [5.74, 6) is -2.71. The normalized spacial score (nSPS) is 18.6. The maximum Gasteiger partial charge on any atom is 0.416 e. The van der Waals surface area contributed by atoms with Crippen molar-refractivity contribution in [3.8, 4) is 0 Å². The van der Waals surface area contributed by atoms with E-state index < -0.39 is 17.7 Å². The van der Waals surface area contributed by atoms with Gasteiger partial charge in [0, 0.05) is 44.6 Å². The SMILES string of the molecule is CNCc1c(C=O)cc(CN2CCC(F)(F)CC2)cc1C(F)(F)F. The lowest BCUT2D eigenvalue weighted by molar-refractivity contribution is -0.138. The van der Waals surface area contributed by atoms with Gasteiger partial charge in [-0.15, -0.1) is 0 Å². The van der Waals surface area contributed by atoms with Gasteiger partial charge in [0.1, 0.15) is 6.29 Å². The smallest absolute Gasteiger partial charge is 0.316 e. The van der Waals surface area contributed by atoms with Gasteiger partial charge in [-0.05, 0) is 30.3 Å². The third-order valence-corrected chi connectivity index (χ3v) is 4.12. The highest BCUT2D eigenvalue weighted by Crippen LogP contribution is 2.35. The second kappa shape index (κ2) is 7.14. The summed E-state index contributed by atoms with van der Waals surface area (Å²) in [5.41, 5.74) is -0.696. The summed E-state index contributed by atoms with van der Waals surface area (Å²) < 4.78 is 66.2. The molecule has 0 atom stereocenters. The molecule has 1 aromatic rings. The van der Waals surface area contributed by atoms with Crippen LogP contribution in [0.25, 0.3) is 0 Å². The third-order valence-electron chi connectivity index (χ3n) is 4.12. The zero-order valence-corrected chi connectivity index (χ0v) is 13.2. The van der Waals surface area contributed by atoms with Crippen LogP contribution in [0.1, 0.15) is 39.9 Å². The fourth-order valence-corrected chi connectivity index (χ4v) is 2.88. The molecule has 24 heavy (non-hydrogen) atoms. The molecule has 0 unspecified atom stereocenters. The lowest BCUT2D eigenvalue weighted by Crippen LogP contribution is -2.38. The number of halogens is 5. The van der Waals surface area contributed by atoms with Crippen molar-refractivity contribution >= 4 is 6.29 Å². The molecular formula is C16H19F5N2O. The van der Waals surface area contributed by atoms with Crippen molar-refractivity contribution in [2.75, 3.05) is 20.1 Å². The van der Waals surface area contributed by atoms with E-state index in [1.165, 1.54) is 13.1 Å². The maximum atomic E-state index is 13.3. The molecule has 1 heterocycles. The monoisotopic (exact) mass is 350 g/mol. The van der Waals surface area contributed by atoms with Crippen LogP contribution >= 0.6 is 0 Å². The number of nitrogens with zero attached hydrogens (tertiary/aromatic N) is 1. The van der Waals surface area contributed by atoms with E-state index in [4.69, 9.17) is 0 Å². The van der Waals surface area contributed by atoms with E-state index in [2.05, 4.69) is 5.32 Å². The van der Waals surface area contributed by atoms with Gasteiger partial charge in [-0.25, -0.2) is 8.78 Å². The minimum absolute atomic E-state index is 0.0310. The molecule has 1 fully saturated rings. The molecule has 1 aliphatic heterocycles. The van der Waals surface area contributed by atoms with E-state index in [0.717, 1.165) is 6.07 Å². The molecule has 0 saturated carbocycles. The Morgan fingerprint density at radius 2 is 1.88 bits per heavy atom. The average Bonchev–Trinajstić information content (AvgIpc) is 2.49. The standard InChI is InChI=1S/C16H19F5N2O/c1-22-8-13-12(10-24)6-11(7-14(13)16(19,20)21)9-23-4-2-15(17,18)3-5-23/h6-7,10,22H,2-5,8-9H2,1H3. The maximum absolute atomic E-state index is 13.3. The fraction of sp³-hybridized carbons (Fsp3) is 0.562. The summed E-state index contributed by atoms with van der Waals surface area (Å²) in [6.07, 6.45) is -4.81. The highest BCUT2D eigenvalue weighted by molar-refractivity contribution is 5.78. The van der Waals surface area contributed by atoms with E-state index in [1.807, 2.05) is 0 Å². The van der Waals surface area contributed by atoms with E-state index in [0.29, 0.717) is 11.8 Å². The summed E-state index contributed by atoms with van der Waals surface area (Å²) in [4.78, 5) is 12.9. The molecule has 3 nitrogen and oxygen atoms in total. The second-order valence-electron chi connectivity index (χ2n) is 5.99. The molecule has 0 aliphatic carbocycles. The summed E-state index contributed by atoms with van der Waals surface area (Å²) in [6, 6.07) is 2.41. The predicted octanol–water partition coefficient (Wildman–Crippen LogP) is 3.47. The zero-order chi connectivity index (χ0) is 18.0. The Morgan fingerprint density at radius 3 is 2.38 bits per heavy atom. The van der Waals surface area contributed by atoms with Crippen LogP contribution in [-0.4, -0.2) is 37.2 Å². The van der Waals surface area contributed by atoms with Gasteiger partial charge in [0.15, 0.2) is 0 Å². The molecule has 0 radical (unpaired) electrons. The molecule has 8 heteroatoms. The number of carbonyl (C=O) groups excluding carboxylic acids is 1. The Bertz CT molecular complexity index is 591. The Kier molecular flexibility index (Phi) is 5.59. The molecule has 1 saturated heterocycles. The molecule has 0 bridgehead atoms. The van der Waals surface area contributed by atoms with Gasteiger partial charge in [0.25, 0.3) is 5.92 Å². The Balaban J connectivity index is 2.29. The van der Waals surface area contributed by atoms with Crippen LogP contribution in [0.2, 0.25) is 0 Å². The molecule has 1 aromatic carbocycles. The number of alkyl halides is 5. The summed E-state index contributed by atoms with van der Waals surface area (Å²) in [5, 5.41) is 2.63. The Morgan fingerprint density at radius 1 is 1.25 bits per heavy atom. The third kappa shape index (κ3) is 4.51.